The summed E-state index contributed by atoms with van der Waals surface area (Å²) in [5, 5.41) is 0. The number of aryl methyl sites for hydroxylation is 1. The third kappa shape index (κ3) is 2.31. The van der Waals surface area contributed by atoms with Gasteiger partial charge in [0.15, 0.2) is 0 Å². The van der Waals surface area contributed by atoms with E-state index in [4.69, 9.17) is 0 Å². The van der Waals surface area contributed by atoms with Crippen molar-refractivity contribution in [2.24, 2.45) is 0 Å². The molecule has 0 heterocycles. The number of hydrogen-bond acceptors (Lipinski definition) is 1. The lowest BCUT2D eigenvalue weighted by Crippen LogP contribution is -1.91. The van der Waals surface area contributed by atoms with Gasteiger partial charge >= 0.3 is 0 Å². The number of rotatable bonds is 2. The van der Waals surface area contributed by atoms with E-state index < -0.39 is 0 Å². The standard InChI is InChI=1S/C10H13F.H3N/c1-3-5-9-6-4-7-10(11)8(9)2;/h4,6-7H,3,5H2,1-2H3;1H3. The van der Waals surface area contributed by atoms with Gasteiger partial charge in [0, 0.05) is 0 Å². The molecule has 1 aromatic carbocycles. The molecule has 1 nitrogen and oxygen atoms in total. The minimum atomic E-state index is -0.0871. The molecule has 2 heteroatoms. The highest BCUT2D eigenvalue weighted by Gasteiger charge is 2.00. The third-order valence-electron chi connectivity index (χ3n) is 1.90. The van der Waals surface area contributed by atoms with Gasteiger partial charge in [-0.2, -0.15) is 0 Å². The average Bonchev–Trinajstić information content (AvgIpc) is 1.99. The molecule has 0 saturated heterocycles. The number of benzene rings is 1. The van der Waals surface area contributed by atoms with Crippen molar-refractivity contribution in [3.63, 3.8) is 0 Å². The van der Waals surface area contributed by atoms with Crippen molar-refractivity contribution >= 4 is 0 Å². The summed E-state index contributed by atoms with van der Waals surface area (Å²) in [5.74, 6) is -0.0871. The van der Waals surface area contributed by atoms with Crippen LogP contribution in [0.1, 0.15) is 24.5 Å². The van der Waals surface area contributed by atoms with Crippen molar-refractivity contribution in [2.45, 2.75) is 26.7 Å². The minimum Gasteiger partial charge on any atom is -0.344 e. The molecule has 0 aliphatic carbocycles. The van der Waals surface area contributed by atoms with Gasteiger partial charge in [-0.05, 0) is 30.5 Å². The fourth-order valence-corrected chi connectivity index (χ4v) is 1.19. The fourth-order valence-electron chi connectivity index (χ4n) is 1.19. The molecule has 0 amide bonds. The van der Waals surface area contributed by atoms with Crippen LogP contribution in [0, 0.1) is 12.7 Å². The summed E-state index contributed by atoms with van der Waals surface area (Å²) in [5.41, 5.74) is 1.93. The second kappa shape index (κ2) is 4.88. The Labute approximate surface area is 73.2 Å². The third-order valence-corrected chi connectivity index (χ3v) is 1.90. The zero-order valence-corrected chi connectivity index (χ0v) is 7.73. The highest BCUT2D eigenvalue weighted by atomic mass is 19.1. The van der Waals surface area contributed by atoms with E-state index in [0.717, 1.165) is 24.0 Å². The van der Waals surface area contributed by atoms with Gasteiger partial charge in [-0.3, -0.25) is 0 Å². The van der Waals surface area contributed by atoms with E-state index in [0.29, 0.717) is 0 Å². The lowest BCUT2D eigenvalue weighted by Gasteiger charge is -2.03. The van der Waals surface area contributed by atoms with Crippen LogP contribution in [0.5, 0.6) is 0 Å². The Hall–Kier alpha value is -0.890. The van der Waals surface area contributed by atoms with Crippen LogP contribution in [-0.2, 0) is 6.42 Å². The SMILES string of the molecule is CCCc1cccc(F)c1C.N. The van der Waals surface area contributed by atoms with Crippen LogP contribution in [0.2, 0.25) is 0 Å². The smallest absolute Gasteiger partial charge is 0.126 e. The fraction of sp³-hybridized carbons (Fsp3) is 0.400. The molecule has 0 aliphatic rings. The molecule has 0 saturated carbocycles. The maximum absolute atomic E-state index is 12.9. The van der Waals surface area contributed by atoms with E-state index in [-0.39, 0.29) is 12.0 Å². The Kier molecular flexibility index (Phi) is 4.52. The second-order valence-corrected chi connectivity index (χ2v) is 2.77. The lowest BCUT2D eigenvalue weighted by molar-refractivity contribution is 0.614. The van der Waals surface area contributed by atoms with Gasteiger partial charge in [-0.25, -0.2) is 4.39 Å². The molecule has 0 radical (unpaired) electrons. The van der Waals surface area contributed by atoms with Crippen LogP contribution < -0.4 is 6.15 Å². The highest BCUT2D eigenvalue weighted by Crippen LogP contribution is 2.13. The van der Waals surface area contributed by atoms with Crippen LogP contribution >= 0.6 is 0 Å². The minimum absolute atomic E-state index is 0. The second-order valence-electron chi connectivity index (χ2n) is 2.77. The Morgan fingerprint density at radius 1 is 1.33 bits per heavy atom. The summed E-state index contributed by atoms with van der Waals surface area (Å²) in [7, 11) is 0. The summed E-state index contributed by atoms with van der Waals surface area (Å²) < 4.78 is 12.9. The molecule has 0 bridgehead atoms. The summed E-state index contributed by atoms with van der Waals surface area (Å²) in [6, 6.07) is 5.27. The topological polar surface area (TPSA) is 35.0 Å². The molecule has 0 atom stereocenters. The Morgan fingerprint density at radius 3 is 2.58 bits per heavy atom. The summed E-state index contributed by atoms with van der Waals surface area (Å²) in [4.78, 5) is 0. The van der Waals surface area contributed by atoms with E-state index in [2.05, 4.69) is 6.92 Å². The highest BCUT2D eigenvalue weighted by molar-refractivity contribution is 5.27. The zero-order chi connectivity index (χ0) is 8.27. The maximum atomic E-state index is 12.9. The molecule has 68 valence electrons. The first-order valence-corrected chi connectivity index (χ1v) is 3.99. The van der Waals surface area contributed by atoms with Crippen molar-refractivity contribution in [1.29, 1.82) is 0 Å². The van der Waals surface area contributed by atoms with E-state index in [9.17, 15) is 4.39 Å². The average molecular weight is 169 g/mol. The van der Waals surface area contributed by atoms with Crippen LogP contribution in [-0.4, -0.2) is 0 Å². The van der Waals surface area contributed by atoms with Crippen LogP contribution in [0.25, 0.3) is 0 Å². The Bertz CT molecular complexity index is 246. The molecule has 0 spiro atoms. The molecular formula is C10H16FN. The number of halogens is 1. The Morgan fingerprint density at radius 2 is 2.00 bits per heavy atom. The molecule has 0 aromatic heterocycles. The largest absolute Gasteiger partial charge is 0.344 e. The van der Waals surface area contributed by atoms with Gasteiger partial charge in [0.2, 0.25) is 0 Å². The first-order chi connectivity index (χ1) is 5.25. The maximum Gasteiger partial charge on any atom is 0.126 e. The molecular weight excluding hydrogens is 153 g/mol. The summed E-state index contributed by atoms with van der Waals surface area (Å²) in [6.07, 6.45) is 2.05. The van der Waals surface area contributed by atoms with E-state index in [1.807, 2.05) is 13.0 Å². The van der Waals surface area contributed by atoms with E-state index in [1.165, 1.54) is 6.07 Å². The molecule has 12 heavy (non-hydrogen) atoms. The van der Waals surface area contributed by atoms with Gasteiger partial charge in [0.25, 0.3) is 0 Å². The first-order valence-electron chi connectivity index (χ1n) is 3.99. The van der Waals surface area contributed by atoms with Crippen molar-refractivity contribution in [1.82, 2.24) is 6.15 Å². The van der Waals surface area contributed by atoms with E-state index in [1.54, 1.807) is 6.07 Å². The van der Waals surface area contributed by atoms with Crippen LogP contribution in [0.4, 0.5) is 4.39 Å². The van der Waals surface area contributed by atoms with Crippen molar-refractivity contribution in [2.75, 3.05) is 0 Å². The predicted octanol–water partition coefficient (Wildman–Crippen LogP) is 3.25. The van der Waals surface area contributed by atoms with Crippen LogP contribution in [0.3, 0.4) is 0 Å². The predicted molar refractivity (Wildman–Crippen MR) is 50.2 cm³/mol. The van der Waals surface area contributed by atoms with Gasteiger partial charge in [-0.1, -0.05) is 25.5 Å². The van der Waals surface area contributed by atoms with Crippen molar-refractivity contribution in [3.8, 4) is 0 Å². The quantitative estimate of drug-likeness (QED) is 0.724. The lowest BCUT2D eigenvalue weighted by atomic mass is 10.0. The van der Waals surface area contributed by atoms with Crippen molar-refractivity contribution < 1.29 is 4.39 Å². The monoisotopic (exact) mass is 169 g/mol. The molecule has 0 fully saturated rings. The van der Waals surface area contributed by atoms with Crippen LogP contribution in [0.15, 0.2) is 18.2 Å². The molecule has 0 unspecified atom stereocenters. The molecule has 0 aliphatic heterocycles. The van der Waals surface area contributed by atoms with Gasteiger partial charge < -0.3 is 6.15 Å². The molecule has 1 rings (SSSR count). The summed E-state index contributed by atoms with van der Waals surface area (Å²) in [6.45, 7) is 3.94. The van der Waals surface area contributed by atoms with Crippen molar-refractivity contribution in [3.05, 3.63) is 35.1 Å². The first kappa shape index (κ1) is 11.1. The normalized spacial score (nSPS) is 9.25. The zero-order valence-electron chi connectivity index (χ0n) is 7.73. The summed E-state index contributed by atoms with van der Waals surface area (Å²) >= 11 is 0. The van der Waals surface area contributed by atoms with Gasteiger partial charge in [0.05, 0.1) is 0 Å². The van der Waals surface area contributed by atoms with Gasteiger partial charge in [-0.15, -0.1) is 0 Å². The molecule has 3 N–H and O–H groups in total. The van der Waals surface area contributed by atoms with Gasteiger partial charge in [0.1, 0.15) is 5.82 Å². The molecule has 1 aromatic rings. The number of hydrogen-bond donors (Lipinski definition) is 1. The Balaban J connectivity index is 0.00000121. The van der Waals surface area contributed by atoms with E-state index >= 15 is 0 Å².